The summed E-state index contributed by atoms with van der Waals surface area (Å²) in [6.07, 6.45) is 0.712. The molecule has 2 aromatic heterocycles. The summed E-state index contributed by atoms with van der Waals surface area (Å²) in [5, 5.41) is 12.1. The zero-order valence-corrected chi connectivity index (χ0v) is 16.5. The molecule has 29 heavy (non-hydrogen) atoms. The first-order valence-corrected chi connectivity index (χ1v) is 9.49. The van der Waals surface area contributed by atoms with Crippen molar-refractivity contribution in [1.29, 1.82) is 0 Å². The second-order valence-corrected chi connectivity index (χ2v) is 7.50. The van der Waals surface area contributed by atoms with E-state index >= 15 is 0 Å². The molecule has 0 atom stereocenters. The SMILES string of the molecule is Cc1onc(-c2ccccc2)c1-c1[nH]nc2c1Cc1cc(C(=O)N(C)C)ccc1-2. The van der Waals surface area contributed by atoms with Crippen molar-refractivity contribution >= 4 is 5.91 Å². The maximum atomic E-state index is 12.3. The standard InChI is InChI=1S/C23H20N4O2/c1-13-19(20(26-29-13)14-7-5-4-6-8-14)22-18-12-16-11-15(23(28)27(2)3)9-10-17(16)21(18)24-25-22/h4-11H,12H2,1-3H3,(H,24,25). The van der Waals surface area contributed by atoms with E-state index in [1.54, 1.807) is 19.0 Å². The van der Waals surface area contributed by atoms with Gasteiger partial charge in [0, 0.05) is 42.8 Å². The summed E-state index contributed by atoms with van der Waals surface area (Å²) in [4.78, 5) is 13.9. The summed E-state index contributed by atoms with van der Waals surface area (Å²) in [5.41, 5.74) is 8.56. The molecule has 5 rings (SSSR count). The molecule has 0 fully saturated rings. The fraction of sp³-hybridized carbons (Fsp3) is 0.174. The van der Waals surface area contributed by atoms with Gasteiger partial charge in [0.05, 0.1) is 17.0 Å². The van der Waals surface area contributed by atoms with Crippen molar-refractivity contribution in [1.82, 2.24) is 20.3 Å². The molecule has 0 radical (unpaired) electrons. The van der Waals surface area contributed by atoms with E-state index in [1.807, 2.05) is 55.5 Å². The monoisotopic (exact) mass is 384 g/mol. The molecule has 1 amide bonds. The first-order valence-electron chi connectivity index (χ1n) is 9.49. The Morgan fingerprint density at radius 1 is 1.10 bits per heavy atom. The van der Waals surface area contributed by atoms with E-state index < -0.39 is 0 Å². The predicted molar refractivity (Wildman–Crippen MR) is 111 cm³/mol. The van der Waals surface area contributed by atoms with Crippen LogP contribution in [-0.2, 0) is 6.42 Å². The molecule has 0 saturated heterocycles. The zero-order chi connectivity index (χ0) is 20.1. The highest BCUT2D eigenvalue weighted by molar-refractivity contribution is 5.96. The van der Waals surface area contributed by atoms with Crippen LogP contribution in [0.3, 0.4) is 0 Å². The Kier molecular flexibility index (Phi) is 3.87. The van der Waals surface area contributed by atoms with Crippen LogP contribution in [0.25, 0.3) is 33.8 Å². The molecule has 0 aliphatic heterocycles. The predicted octanol–water partition coefficient (Wildman–Crippen LogP) is 4.31. The third kappa shape index (κ3) is 2.68. The smallest absolute Gasteiger partial charge is 0.253 e. The van der Waals surface area contributed by atoms with Gasteiger partial charge in [-0.2, -0.15) is 5.10 Å². The van der Waals surface area contributed by atoms with E-state index in [1.165, 1.54) is 0 Å². The maximum absolute atomic E-state index is 12.3. The van der Waals surface area contributed by atoms with Gasteiger partial charge in [0.2, 0.25) is 0 Å². The van der Waals surface area contributed by atoms with E-state index in [9.17, 15) is 4.79 Å². The lowest BCUT2D eigenvalue weighted by atomic mass is 10.00. The summed E-state index contributed by atoms with van der Waals surface area (Å²) in [6.45, 7) is 1.91. The Morgan fingerprint density at radius 2 is 1.90 bits per heavy atom. The summed E-state index contributed by atoms with van der Waals surface area (Å²) in [5.74, 6) is 0.745. The van der Waals surface area contributed by atoms with Gasteiger partial charge >= 0.3 is 0 Å². The maximum Gasteiger partial charge on any atom is 0.253 e. The number of hydrogen-bond acceptors (Lipinski definition) is 4. The lowest BCUT2D eigenvalue weighted by molar-refractivity contribution is 0.0827. The quantitative estimate of drug-likeness (QED) is 0.503. The third-order valence-electron chi connectivity index (χ3n) is 5.41. The van der Waals surface area contributed by atoms with Crippen molar-refractivity contribution < 1.29 is 9.32 Å². The lowest BCUT2D eigenvalue weighted by Gasteiger charge is -2.11. The molecule has 1 aliphatic rings. The fourth-order valence-electron chi connectivity index (χ4n) is 3.98. The first-order chi connectivity index (χ1) is 14.0. The minimum absolute atomic E-state index is 0.000342. The van der Waals surface area contributed by atoms with Gasteiger partial charge in [-0.05, 0) is 24.6 Å². The molecular formula is C23H20N4O2. The number of nitrogens with one attached hydrogen (secondary N) is 1. The van der Waals surface area contributed by atoms with E-state index in [0.717, 1.165) is 50.7 Å². The highest BCUT2D eigenvalue weighted by atomic mass is 16.5. The van der Waals surface area contributed by atoms with Gasteiger partial charge in [0.1, 0.15) is 11.5 Å². The molecular weight excluding hydrogens is 364 g/mol. The highest BCUT2D eigenvalue weighted by Crippen LogP contribution is 2.43. The molecule has 0 bridgehead atoms. The number of H-pyrrole nitrogens is 1. The van der Waals surface area contributed by atoms with Crippen LogP contribution in [0, 0.1) is 6.92 Å². The third-order valence-corrected chi connectivity index (χ3v) is 5.41. The minimum atomic E-state index is 0.000342. The van der Waals surface area contributed by atoms with Crippen molar-refractivity contribution in [2.24, 2.45) is 0 Å². The number of carbonyl (C=O) groups excluding carboxylic acids is 1. The number of nitrogens with zero attached hydrogens (tertiary/aromatic N) is 3. The number of hydrogen-bond donors (Lipinski definition) is 1. The summed E-state index contributed by atoms with van der Waals surface area (Å²) >= 11 is 0. The van der Waals surface area contributed by atoms with Gasteiger partial charge in [-0.3, -0.25) is 9.89 Å². The molecule has 0 saturated carbocycles. The van der Waals surface area contributed by atoms with Crippen LogP contribution in [-0.4, -0.2) is 40.3 Å². The molecule has 6 heteroatoms. The topological polar surface area (TPSA) is 75.0 Å². The minimum Gasteiger partial charge on any atom is -0.360 e. The number of rotatable bonds is 3. The molecule has 0 spiro atoms. The van der Waals surface area contributed by atoms with Crippen molar-refractivity contribution in [2.75, 3.05) is 14.1 Å². The summed E-state index contributed by atoms with van der Waals surface area (Å²) < 4.78 is 5.54. The zero-order valence-electron chi connectivity index (χ0n) is 16.5. The van der Waals surface area contributed by atoms with Gasteiger partial charge in [-0.15, -0.1) is 0 Å². The average Bonchev–Trinajstić information content (AvgIpc) is 3.40. The number of amides is 1. The van der Waals surface area contributed by atoms with Gasteiger partial charge < -0.3 is 9.42 Å². The van der Waals surface area contributed by atoms with Crippen molar-refractivity contribution in [3.63, 3.8) is 0 Å². The number of aromatic nitrogens is 3. The Bertz CT molecular complexity index is 1240. The van der Waals surface area contributed by atoms with Crippen LogP contribution in [0.5, 0.6) is 0 Å². The molecule has 1 N–H and O–H groups in total. The number of fused-ring (bicyclic) bond motifs is 3. The van der Waals surface area contributed by atoms with Crippen LogP contribution in [0.2, 0.25) is 0 Å². The van der Waals surface area contributed by atoms with Gasteiger partial charge in [-0.25, -0.2) is 0 Å². The average molecular weight is 384 g/mol. The summed E-state index contributed by atoms with van der Waals surface area (Å²) in [6, 6.07) is 15.8. The molecule has 2 aromatic carbocycles. The molecule has 144 valence electrons. The Hall–Kier alpha value is -3.67. The van der Waals surface area contributed by atoms with Crippen molar-refractivity contribution in [2.45, 2.75) is 13.3 Å². The van der Waals surface area contributed by atoms with Gasteiger partial charge in [-0.1, -0.05) is 41.6 Å². The number of aromatic amines is 1. The summed E-state index contributed by atoms with van der Waals surface area (Å²) in [7, 11) is 3.53. The van der Waals surface area contributed by atoms with Crippen molar-refractivity contribution in [3.8, 4) is 33.8 Å². The first kappa shape index (κ1) is 17.4. The number of aryl methyl sites for hydroxylation is 1. The van der Waals surface area contributed by atoms with Crippen molar-refractivity contribution in [3.05, 3.63) is 71.0 Å². The Balaban J connectivity index is 1.60. The Labute approximate surface area is 168 Å². The lowest BCUT2D eigenvalue weighted by Crippen LogP contribution is -2.21. The van der Waals surface area contributed by atoms with Crippen LogP contribution in [0.1, 0.15) is 27.2 Å². The second-order valence-electron chi connectivity index (χ2n) is 7.50. The van der Waals surface area contributed by atoms with E-state index in [0.29, 0.717) is 12.0 Å². The number of carbonyl (C=O) groups is 1. The van der Waals surface area contributed by atoms with Crippen LogP contribution in [0.4, 0.5) is 0 Å². The van der Waals surface area contributed by atoms with Gasteiger partial charge in [0.15, 0.2) is 0 Å². The Morgan fingerprint density at radius 3 is 2.66 bits per heavy atom. The van der Waals surface area contributed by atoms with Crippen LogP contribution < -0.4 is 0 Å². The normalized spacial score (nSPS) is 12.0. The number of benzene rings is 2. The van der Waals surface area contributed by atoms with Crippen LogP contribution in [0.15, 0.2) is 53.1 Å². The second kappa shape index (κ2) is 6.44. The van der Waals surface area contributed by atoms with E-state index in [4.69, 9.17) is 4.52 Å². The highest BCUT2D eigenvalue weighted by Gasteiger charge is 2.29. The molecule has 6 nitrogen and oxygen atoms in total. The van der Waals surface area contributed by atoms with E-state index in [-0.39, 0.29) is 5.91 Å². The molecule has 2 heterocycles. The van der Waals surface area contributed by atoms with E-state index in [2.05, 4.69) is 15.4 Å². The fourth-order valence-corrected chi connectivity index (χ4v) is 3.98. The van der Waals surface area contributed by atoms with Gasteiger partial charge in [0.25, 0.3) is 5.91 Å². The molecule has 1 aliphatic carbocycles. The molecule has 4 aromatic rings. The largest absolute Gasteiger partial charge is 0.360 e. The molecule has 0 unspecified atom stereocenters. The van der Waals surface area contributed by atoms with Crippen LogP contribution >= 0.6 is 0 Å².